The van der Waals surface area contributed by atoms with Gasteiger partial charge < -0.3 is 14.8 Å². The zero-order valence-electron chi connectivity index (χ0n) is 7.82. The number of oxime groups is 1. The van der Waals surface area contributed by atoms with E-state index in [0.29, 0.717) is 5.84 Å². The molecular formula is C8H16N2O2. The van der Waals surface area contributed by atoms with Crippen LogP contribution in [0.1, 0.15) is 20.8 Å². The molecule has 2 atom stereocenters. The van der Waals surface area contributed by atoms with Crippen molar-refractivity contribution in [1.29, 1.82) is 0 Å². The van der Waals surface area contributed by atoms with Crippen molar-refractivity contribution in [2.45, 2.75) is 33.0 Å². The monoisotopic (exact) mass is 172 g/mol. The highest BCUT2D eigenvalue weighted by Gasteiger charge is 2.22. The van der Waals surface area contributed by atoms with E-state index in [9.17, 15) is 0 Å². The minimum atomic E-state index is 0.213. The first-order valence-corrected chi connectivity index (χ1v) is 4.22. The van der Waals surface area contributed by atoms with Gasteiger partial charge >= 0.3 is 0 Å². The predicted octanol–water partition coefficient (Wildman–Crippen LogP) is 0.903. The van der Waals surface area contributed by atoms with E-state index < -0.39 is 0 Å². The van der Waals surface area contributed by atoms with Gasteiger partial charge in [0.1, 0.15) is 5.84 Å². The van der Waals surface area contributed by atoms with Gasteiger partial charge in [-0.3, -0.25) is 0 Å². The lowest BCUT2D eigenvalue weighted by Crippen LogP contribution is -2.47. The van der Waals surface area contributed by atoms with Crippen molar-refractivity contribution in [3.05, 3.63) is 0 Å². The average molecular weight is 172 g/mol. The van der Waals surface area contributed by atoms with E-state index in [4.69, 9.17) is 9.94 Å². The van der Waals surface area contributed by atoms with Crippen LogP contribution in [0.2, 0.25) is 0 Å². The highest BCUT2D eigenvalue weighted by atomic mass is 16.5. The SMILES string of the molecule is CC(=NO)N1C[C@@H](C)O[C@@H](C)C1. The molecule has 0 aliphatic carbocycles. The van der Waals surface area contributed by atoms with Crippen molar-refractivity contribution < 1.29 is 9.94 Å². The normalized spacial score (nSPS) is 32.2. The molecule has 0 aromatic carbocycles. The summed E-state index contributed by atoms with van der Waals surface area (Å²) in [5.41, 5.74) is 0. The van der Waals surface area contributed by atoms with Gasteiger partial charge in [-0.05, 0) is 20.8 Å². The first kappa shape index (κ1) is 9.32. The Hall–Kier alpha value is -0.770. The third-order valence-corrected chi connectivity index (χ3v) is 2.02. The van der Waals surface area contributed by atoms with Crippen LogP contribution in [0.25, 0.3) is 0 Å². The molecule has 0 unspecified atom stereocenters. The Morgan fingerprint density at radius 1 is 1.42 bits per heavy atom. The van der Waals surface area contributed by atoms with Gasteiger partial charge in [0.15, 0.2) is 0 Å². The molecule has 12 heavy (non-hydrogen) atoms. The molecule has 0 radical (unpaired) electrons. The topological polar surface area (TPSA) is 45.1 Å². The molecule has 0 aromatic rings. The van der Waals surface area contributed by atoms with Crippen molar-refractivity contribution in [2.75, 3.05) is 13.1 Å². The highest BCUT2D eigenvalue weighted by Crippen LogP contribution is 2.10. The van der Waals surface area contributed by atoms with Crippen LogP contribution in [-0.2, 0) is 4.74 Å². The lowest BCUT2D eigenvalue weighted by molar-refractivity contribution is -0.0488. The van der Waals surface area contributed by atoms with E-state index >= 15 is 0 Å². The van der Waals surface area contributed by atoms with E-state index in [1.807, 2.05) is 18.7 Å². The lowest BCUT2D eigenvalue weighted by Gasteiger charge is -2.35. The summed E-state index contributed by atoms with van der Waals surface area (Å²) in [6.45, 7) is 7.45. The number of morpholine rings is 1. The van der Waals surface area contributed by atoms with Gasteiger partial charge in [-0.15, -0.1) is 0 Å². The fourth-order valence-electron chi connectivity index (χ4n) is 1.51. The Morgan fingerprint density at radius 3 is 2.33 bits per heavy atom. The average Bonchev–Trinajstić information content (AvgIpc) is 2.01. The summed E-state index contributed by atoms with van der Waals surface area (Å²) < 4.78 is 5.53. The van der Waals surface area contributed by atoms with E-state index in [2.05, 4.69) is 5.16 Å². The van der Waals surface area contributed by atoms with Crippen molar-refractivity contribution in [3.8, 4) is 0 Å². The maximum Gasteiger partial charge on any atom is 0.141 e. The summed E-state index contributed by atoms with van der Waals surface area (Å²) in [7, 11) is 0. The summed E-state index contributed by atoms with van der Waals surface area (Å²) in [6.07, 6.45) is 0.427. The summed E-state index contributed by atoms with van der Waals surface area (Å²) in [6, 6.07) is 0. The molecule has 0 aromatic heterocycles. The number of hydrogen-bond donors (Lipinski definition) is 1. The van der Waals surface area contributed by atoms with Gasteiger partial charge in [-0.25, -0.2) is 0 Å². The van der Waals surface area contributed by atoms with Gasteiger partial charge in [0, 0.05) is 13.1 Å². The Labute approximate surface area is 72.8 Å². The Balaban J connectivity index is 2.55. The maximum atomic E-state index is 8.57. The van der Waals surface area contributed by atoms with Crippen LogP contribution in [-0.4, -0.2) is 41.2 Å². The van der Waals surface area contributed by atoms with Crippen molar-refractivity contribution in [1.82, 2.24) is 4.90 Å². The second-order valence-corrected chi connectivity index (χ2v) is 3.31. The summed E-state index contributed by atoms with van der Waals surface area (Å²) >= 11 is 0. The second kappa shape index (κ2) is 3.76. The largest absolute Gasteiger partial charge is 0.409 e. The molecule has 0 spiro atoms. The van der Waals surface area contributed by atoms with Crippen molar-refractivity contribution in [2.24, 2.45) is 5.16 Å². The van der Waals surface area contributed by atoms with Crippen LogP contribution in [0.3, 0.4) is 0 Å². The molecule has 1 aliphatic rings. The Bertz CT molecular complexity index is 172. The molecule has 4 heteroatoms. The first-order valence-electron chi connectivity index (χ1n) is 4.22. The van der Waals surface area contributed by atoms with Gasteiger partial charge in [0.05, 0.1) is 12.2 Å². The third kappa shape index (κ3) is 2.11. The molecule has 4 nitrogen and oxygen atoms in total. The van der Waals surface area contributed by atoms with Crippen LogP contribution in [0, 0.1) is 0 Å². The van der Waals surface area contributed by atoms with Crippen molar-refractivity contribution in [3.63, 3.8) is 0 Å². The van der Waals surface area contributed by atoms with Gasteiger partial charge in [0.2, 0.25) is 0 Å². The molecule has 0 bridgehead atoms. The number of nitrogens with zero attached hydrogens (tertiary/aromatic N) is 2. The minimum absolute atomic E-state index is 0.213. The number of rotatable bonds is 0. The van der Waals surface area contributed by atoms with Crippen LogP contribution >= 0.6 is 0 Å². The highest BCUT2D eigenvalue weighted by molar-refractivity contribution is 5.79. The van der Waals surface area contributed by atoms with Gasteiger partial charge in [-0.1, -0.05) is 5.16 Å². The van der Waals surface area contributed by atoms with E-state index in [1.54, 1.807) is 6.92 Å². The van der Waals surface area contributed by atoms with Gasteiger partial charge in [0.25, 0.3) is 0 Å². The Morgan fingerprint density at radius 2 is 1.92 bits per heavy atom. The summed E-state index contributed by atoms with van der Waals surface area (Å²) in [5, 5.41) is 11.7. The third-order valence-electron chi connectivity index (χ3n) is 2.02. The minimum Gasteiger partial charge on any atom is -0.409 e. The van der Waals surface area contributed by atoms with Crippen molar-refractivity contribution >= 4 is 5.84 Å². The molecular weight excluding hydrogens is 156 g/mol. The smallest absolute Gasteiger partial charge is 0.141 e. The number of amidine groups is 1. The van der Waals surface area contributed by atoms with Gasteiger partial charge in [-0.2, -0.15) is 0 Å². The summed E-state index contributed by atoms with van der Waals surface area (Å²) in [5.74, 6) is 0.664. The second-order valence-electron chi connectivity index (χ2n) is 3.31. The van der Waals surface area contributed by atoms with E-state index in [-0.39, 0.29) is 12.2 Å². The van der Waals surface area contributed by atoms with E-state index in [1.165, 1.54) is 0 Å². The fourth-order valence-corrected chi connectivity index (χ4v) is 1.51. The van der Waals surface area contributed by atoms with Crippen LogP contribution in [0.4, 0.5) is 0 Å². The predicted molar refractivity (Wildman–Crippen MR) is 46.5 cm³/mol. The molecule has 1 N–H and O–H groups in total. The van der Waals surface area contributed by atoms with E-state index in [0.717, 1.165) is 13.1 Å². The molecule has 1 aliphatic heterocycles. The molecule has 0 amide bonds. The quantitative estimate of drug-likeness (QED) is 0.255. The standard InChI is InChI=1S/C8H16N2O2/c1-6-4-10(8(3)9-11)5-7(2)12-6/h6-7,11H,4-5H2,1-3H3/t6-,7+. The zero-order chi connectivity index (χ0) is 9.14. The summed E-state index contributed by atoms with van der Waals surface area (Å²) in [4.78, 5) is 2.03. The van der Waals surface area contributed by atoms with Crippen LogP contribution in [0.5, 0.6) is 0 Å². The fraction of sp³-hybridized carbons (Fsp3) is 0.875. The molecule has 0 saturated carbocycles. The lowest BCUT2D eigenvalue weighted by atomic mass is 10.2. The molecule has 1 rings (SSSR count). The molecule has 1 heterocycles. The molecule has 1 saturated heterocycles. The van der Waals surface area contributed by atoms with Crippen LogP contribution in [0.15, 0.2) is 5.16 Å². The Kier molecular flexibility index (Phi) is 2.92. The number of ether oxygens (including phenoxy) is 1. The zero-order valence-corrected chi connectivity index (χ0v) is 7.82. The first-order chi connectivity index (χ1) is 5.63. The molecule has 1 fully saturated rings. The molecule has 70 valence electrons. The number of hydrogen-bond acceptors (Lipinski definition) is 3. The van der Waals surface area contributed by atoms with Crippen LogP contribution < -0.4 is 0 Å². The maximum absolute atomic E-state index is 8.57.